The van der Waals surface area contributed by atoms with Gasteiger partial charge in [-0.05, 0) is 24.3 Å². The molecule has 0 spiro atoms. The zero-order valence-electron chi connectivity index (χ0n) is 8.66. The van der Waals surface area contributed by atoms with Crippen LogP contribution in [0.25, 0.3) is 0 Å². The highest BCUT2D eigenvalue weighted by atomic mass is 14.1. The van der Waals surface area contributed by atoms with E-state index in [1.54, 1.807) is 0 Å². The Bertz CT molecular complexity index is 207. The first-order valence-electron chi connectivity index (χ1n) is 5.26. The summed E-state index contributed by atoms with van der Waals surface area (Å²) in [5, 5.41) is 0. The van der Waals surface area contributed by atoms with E-state index in [9.17, 15) is 0 Å². The van der Waals surface area contributed by atoms with Crippen molar-refractivity contribution in [1.29, 1.82) is 0 Å². The second-order valence-corrected chi connectivity index (χ2v) is 3.45. The van der Waals surface area contributed by atoms with Crippen molar-refractivity contribution < 1.29 is 0 Å². The molecule has 0 aliphatic heterocycles. The summed E-state index contributed by atoms with van der Waals surface area (Å²) in [4.78, 5) is 0. The Morgan fingerprint density at radius 3 is 2.38 bits per heavy atom. The molecule has 0 amide bonds. The van der Waals surface area contributed by atoms with E-state index in [0.717, 1.165) is 0 Å². The average molecular weight is 175 g/mol. The Balaban J connectivity index is 2.64. The molecule has 0 aliphatic rings. The third kappa shape index (κ3) is 3.22. The number of hydrogen-bond acceptors (Lipinski definition) is 0. The van der Waals surface area contributed by atoms with E-state index in [2.05, 4.69) is 50.6 Å². The van der Waals surface area contributed by atoms with Crippen LogP contribution in [0.1, 0.15) is 44.6 Å². The van der Waals surface area contributed by atoms with E-state index in [4.69, 9.17) is 0 Å². The van der Waals surface area contributed by atoms with Crippen LogP contribution in [0.5, 0.6) is 0 Å². The van der Waals surface area contributed by atoms with E-state index in [-0.39, 0.29) is 0 Å². The lowest BCUT2D eigenvalue weighted by atomic mass is 9.91. The van der Waals surface area contributed by atoms with Crippen LogP contribution < -0.4 is 0 Å². The van der Waals surface area contributed by atoms with Crippen LogP contribution in [0, 0.1) is 6.42 Å². The van der Waals surface area contributed by atoms with Crippen molar-refractivity contribution in [2.75, 3.05) is 0 Å². The third-order valence-corrected chi connectivity index (χ3v) is 2.35. The molecule has 0 fully saturated rings. The van der Waals surface area contributed by atoms with Crippen molar-refractivity contribution in [3.63, 3.8) is 0 Å². The van der Waals surface area contributed by atoms with Gasteiger partial charge in [-0.2, -0.15) is 0 Å². The first-order valence-corrected chi connectivity index (χ1v) is 5.26. The molecule has 71 valence electrons. The molecule has 1 aromatic carbocycles. The van der Waals surface area contributed by atoms with Gasteiger partial charge in [0.15, 0.2) is 0 Å². The molecular weight excluding hydrogens is 156 g/mol. The predicted molar refractivity (Wildman–Crippen MR) is 58.7 cm³/mol. The van der Waals surface area contributed by atoms with Crippen LogP contribution in [-0.4, -0.2) is 0 Å². The molecule has 1 radical (unpaired) electrons. The maximum atomic E-state index is 2.42. The molecule has 0 bridgehead atoms. The molecule has 0 heterocycles. The smallest absolute Gasteiger partial charge is 0.0131 e. The molecule has 1 rings (SSSR count). The molecule has 1 unspecified atom stereocenters. The van der Waals surface area contributed by atoms with Gasteiger partial charge in [0.05, 0.1) is 0 Å². The monoisotopic (exact) mass is 175 g/mol. The molecule has 0 aliphatic carbocycles. The molecule has 0 saturated heterocycles. The van der Waals surface area contributed by atoms with Gasteiger partial charge in [0.2, 0.25) is 0 Å². The van der Waals surface area contributed by atoms with Gasteiger partial charge < -0.3 is 0 Å². The summed E-state index contributed by atoms with van der Waals surface area (Å²) in [6.45, 7) is 4.46. The minimum atomic E-state index is 0.663. The Hall–Kier alpha value is -0.780. The minimum absolute atomic E-state index is 0.663. The van der Waals surface area contributed by atoms with Crippen LogP contribution in [-0.2, 0) is 0 Å². The molecule has 0 N–H and O–H groups in total. The zero-order valence-corrected chi connectivity index (χ0v) is 8.66. The molecule has 13 heavy (non-hydrogen) atoms. The Morgan fingerprint density at radius 2 is 1.85 bits per heavy atom. The highest BCUT2D eigenvalue weighted by Crippen LogP contribution is 2.24. The molecule has 1 atom stereocenters. The summed E-state index contributed by atoms with van der Waals surface area (Å²) in [5.74, 6) is 0.663. The molecule has 0 nitrogen and oxygen atoms in total. The first kappa shape index (κ1) is 10.3. The second-order valence-electron chi connectivity index (χ2n) is 3.45. The number of rotatable bonds is 5. The molecular formula is C13H19. The highest BCUT2D eigenvalue weighted by Gasteiger charge is 2.08. The van der Waals surface area contributed by atoms with Crippen molar-refractivity contribution in [2.24, 2.45) is 0 Å². The van der Waals surface area contributed by atoms with Gasteiger partial charge in [-0.1, -0.05) is 57.0 Å². The standard InChI is InChI=1S/C13H19/c1-3-8-12(9-4-2)13-10-6-5-7-11-13/h5-8,10-12H,3-4,9H2,1-2H3. The van der Waals surface area contributed by atoms with E-state index in [1.165, 1.54) is 24.8 Å². The third-order valence-electron chi connectivity index (χ3n) is 2.35. The lowest BCUT2D eigenvalue weighted by Crippen LogP contribution is -1.98. The van der Waals surface area contributed by atoms with E-state index in [1.807, 2.05) is 0 Å². The fourth-order valence-electron chi connectivity index (χ4n) is 1.72. The maximum absolute atomic E-state index is 2.42. The SMILES string of the molecule is CC[CH]C(CCC)c1ccccc1. The lowest BCUT2D eigenvalue weighted by molar-refractivity contribution is 0.662. The van der Waals surface area contributed by atoms with Crippen molar-refractivity contribution in [1.82, 2.24) is 0 Å². The van der Waals surface area contributed by atoms with Gasteiger partial charge in [-0.15, -0.1) is 0 Å². The molecule has 0 saturated carbocycles. The molecule has 1 aromatic rings. The predicted octanol–water partition coefficient (Wildman–Crippen LogP) is 4.18. The summed E-state index contributed by atoms with van der Waals surface area (Å²) in [6.07, 6.45) is 6.12. The lowest BCUT2D eigenvalue weighted by Gasteiger charge is -2.14. The number of benzene rings is 1. The second kappa shape index (κ2) is 5.80. The Morgan fingerprint density at radius 1 is 1.15 bits per heavy atom. The first-order chi connectivity index (χ1) is 6.38. The van der Waals surface area contributed by atoms with Crippen LogP contribution in [0.3, 0.4) is 0 Å². The molecule has 0 aromatic heterocycles. The fourth-order valence-corrected chi connectivity index (χ4v) is 1.72. The van der Waals surface area contributed by atoms with Crippen molar-refractivity contribution in [3.05, 3.63) is 42.3 Å². The van der Waals surface area contributed by atoms with Crippen LogP contribution in [0.2, 0.25) is 0 Å². The van der Waals surface area contributed by atoms with Crippen LogP contribution in [0.15, 0.2) is 30.3 Å². The maximum Gasteiger partial charge on any atom is -0.0131 e. The zero-order chi connectivity index (χ0) is 9.52. The van der Waals surface area contributed by atoms with Gasteiger partial charge in [0.1, 0.15) is 0 Å². The minimum Gasteiger partial charge on any atom is -0.0654 e. The van der Waals surface area contributed by atoms with E-state index >= 15 is 0 Å². The molecule has 0 heteroatoms. The summed E-state index contributed by atoms with van der Waals surface area (Å²) in [6, 6.07) is 10.8. The van der Waals surface area contributed by atoms with Gasteiger partial charge in [0.25, 0.3) is 0 Å². The van der Waals surface area contributed by atoms with Gasteiger partial charge in [-0.25, -0.2) is 0 Å². The van der Waals surface area contributed by atoms with Gasteiger partial charge in [-0.3, -0.25) is 0 Å². The number of hydrogen-bond donors (Lipinski definition) is 0. The van der Waals surface area contributed by atoms with Crippen molar-refractivity contribution in [2.45, 2.75) is 39.0 Å². The normalized spacial score (nSPS) is 10.7. The Labute approximate surface area is 82.0 Å². The van der Waals surface area contributed by atoms with Crippen LogP contribution in [0.4, 0.5) is 0 Å². The Kier molecular flexibility index (Phi) is 4.59. The van der Waals surface area contributed by atoms with Crippen LogP contribution >= 0.6 is 0 Å². The average Bonchev–Trinajstić information content (AvgIpc) is 2.19. The van der Waals surface area contributed by atoms with E-state index in [0.29, 0.717) is 5.92 Å². The fraction of sp³-hybridized carbons (Fsp3) is 0.462. The van der Waals surface area contributed by atoms with Crippen molar-refractivity contribution in [3.8, 4) is 0 Å². The summed E-state index contributed by atoms with van der Waals surface area (Å²) in [7, 11) is 0. The summed E-state index contributed by atoms with van der Waals surface area (Å²) >= 11 is 0. The quantitative estimate of drug-likeness (QED) is 0.629. The largest absolute Gasteiger partial charge is 0.0654 e. The van der Waals surface area contributed by atoms with Gasteiger partial charge >= 0.3 is 0 Å². The topological polar surface area (TPSA) is 0 Å². The summed E-state index contributed by atoms with van der Waals surface area (Å²) in [5.41, 5.74) is 1.46. The van der Waals surface area contributed by atoms with Gasteiger partial charge in [0, 0.05) is 0 Å². The highest BCUT2D eigenvalue weighted by molar-refractivity contribution is 5.21. The summed E-state index contributed by atoms with van der Waals surface area (Å²) < 4.78 is 0. The van der Waals surface area contributed by atoms with E-state index < -0.39 is 0 Å². The van der Waals surface area contributed by atoms with Crippen molar-refractivity contribution >= 4 is 0 Å².